The van der Waals surface area contributed by atoms with E-state index >= 15 is 0 Å². The third kappa shape index (κ3) is 3.89. The normalized spacial score (nSPS) is 16.1. The second-order valence-corrected chi connectivity index (χ2v) is 7.82. The van der Waals surface area contributed by atoms with Gasteiger partial charge in [0.05, 0.1) is 25.3 Å². The number of nitrogens with two attached hydrogens (primary N) is 1. The van der Waals surface area contributed by atoms with Gasteiger partial charge in [0.2, 0.25) is 5.89 Å². The van der Waals surface area contributed by atoms with Gasteiger partial charge in [0.25, 0.3) is 5.91 Å². The molecule has 0 bridgehead atoms. The SMILES string of the molecule is COc1ccc(-c2nc(C(=O)NC3(CO)CC3)c([C@H](C)N)o2)c2ccc(C(F)(F)F)nc12. The van der Waals surface area contributed by atoms with E-state index in [1.165, 1.54) is 19.2 Å². The Morgan fingerprint density at radius 1 is 1.31 bits per heavy atom. The van der Waals surface area contributed by atoms with E-state index in [9.17, 15) is 23.1 Å². The van der Waals surface area contributed by atoms with Gasteiger partial charge in [-0.3, -0.25) is 4.79 Å². The Bertz CT molecular complexity index is 1190. The minimum atomic E-state index is -4.63. The maximum absolute atomic E-state index is 13.2. The molecule has 0 radical (unpaired) electrons. The van der Waals surface area contributed by atoms with E-state index in [1.54, 1.807) is 13.0 Å². The molecule has 0 aliphatic heterocycles. The maximum Gasteiger partial charge on any atom is 0.433 e. The molecule has 4 rings (SSSR count). The van der Waals surface area contributed by atoms with Crippen LogP contribution in [0.1, 0.15) is 47.7 Å². The zero-order chi connectivity index (χ0) is 23.3. The first kappa shape index (κ1) is 22.0. The molecule has 4 N–H and O–H groups in total. The Labute approximate surface area is 180 Å². The molecule has 1 saturated carbocycles. The minimum absolute atomic E-state index is 0.00510. The monoisotopic (exact) mass is 450 g/mol. The summed E-state index contributed by atoms with van der Waals surface area (Å²) in [5.41, 5.74) is 4.48. The lowest BCUT2D eigenvalue weighted by Crippen LogP contribution is -2.40. The minimum Gasteiger partial charge on any atom is -0.494 e. The summed E-state index contributed by atoms with van der Waals surface area (Å²) >= 11 is 0. The number of fused-ring (bicyclic) bond motifs is 1. The quantitative estimate of drug-likeness (QED) is 0.527. The third-order valence-corrected chi connectivity index (χ3v) is 5.38. The zero-order valence-electron chi connectivity index (χ0n) is 17.3. The molecule has 0 saturated heterocycles. The molecule has 1 amide bonds. The number of carbonyl (C=O) groups is 1. The molecule has 1 fully saturated rings. The molecule has 3 aromatic rings. The average molecular weight is 450 g/mol. The van der Waals surface area contributed by atoms with Gasteiger partial charge in [0.15, 0.2) is 11.5 Å². The van der Waals surface area contributed by atoms with Crippen molar-refractivity contribution >= 4 is 16.8 Å². The van der Waals surface area contributed by atoms with E-state index in [1.807, 2.05) is 0 Å². The van der Waals surface area contributed by atoms with Crippen molar-refractivity contribution in [2.45, 2.75) is 37.5 Å². The van der Waals surface area contributed by atoms with Crippen molar-refractivity contribution in [1.82, 2.24) is 15.3 Å². The number of benzene rings is 1. The van der Waals surface area contributed by atoms with E-state index in [0.29, 0.717) is 23.8 Å². The average Bonchev–Trinajstić information content (AvgIpc) is 3.37. The predicted molar refractivity (Wildman–Crippen MR) is 108 cm³/mol. The van der Waals surface area contributed by atoms with Crippen LogP contribution in [0.25, 0.3) is 22.4 Å². The second-order valence-electron chi connectivity index (χ2n) is 7.82. The Hall–Kier alpha value is -3.18. The van der Waals surface area contributed by atoms with Gasteiger partial charge in [-0.25, -0.2) is 9.97 Å². The van der Waals surface area contributed by atoms with Crippen molar-refractivity contribution in [3.05, 3.63) is 41.4 Å². The molecule has 2 aromatic heterocycles. The van der Waals surface area contributed by atoms with E-state index in [-0.39, 0.29) is 35.2 Å². The number of amides is 1. The largest absolute Gasteiger partial charge is 0.494 e. The van der Waals surface area contributed by atoms with Crippen molar-refractivity contribution in [1.29, 1.82) is 0 Å². The van der Waals surface area contributed by atoms with Crippen LogP contribution in [0.3, 0.4) is 0 Å². The molecule has 1 aliphatic rings. The highest BCUT2D eigenvalue weighted by Crippen LogP contribution is 2.38. The lowest BCUT2D eigenvalue weighted by Gasteiger charge is -2.13. The van der Waals surface area contributed by atoms with Crippen LogP contribution in [0.5, 0.6) is 5.75 Å². The van der Waals surface area contributed by atoms with Crippen LogP contribution in [0.4, 0.5) is 13.2 Å². The number of nitrogens with zero attached hydrogens (tertiary/aromatic N) is 2. The second kappa shape index (κ2) is 7.75. The van der Waals surface area contributed by atoms with Crippen LogP contribution in [0.15, 0.2) is 28.7 Å². The Morgan fingerprint density at radius 3 is 2.59 bits per heavy atom. The molecule has 32 heavy (non-hydrogen) atoms. The van der Waals surface area contributed by atoms with Crippen LogP contribution in [0, 0.1) is 0 Å². The smallest absolute Gasteiger partial charge is 0.433 e. The van der Waals surface area contributed by atoms with Crippen molar-refractivity contribution in [2.75, 3.05) is 13.7 Å². The fourth-order valence-corrected chi connectivity index (χ4v) is 3.39. The summed E-state index contributed by atoms with van der Waals surface area (Å²) in [5, 5.41) is 12.5. The number of hydrogen-bond donors (Lipinski definition) is 3. The first-order valence-electron chi connectivity index (χ1n) is 9.83. The summed E-state index contributed by atoms with van der Waals surface area (Å²) in [6.07, 6.45) is -3.34. The molecule has 1 aromatic carbocycles. The van der Waals surface area contributed by atoms with Gasteiger partial charge in [-0.1, -0.05) is 0 Å². The number of halogens is 3. The highest BCUT2D eigenvalue weighted by molar-refractivity contribution is 5.98. The molecule has 11 heteroatoms. The van der Waals surface area contributed by atoms with Gasteiger partial charge in [0.1, 0.15) is 17.0 Å². The predicted octanol–water partition coefficient (Wildman–Crippen LogP) is 3.19. The number of aromatic nitrogens is 2. The van der Waals surface area contributed by atoms with Crippen LogP contribution < -0.4 is 15.8 Å². The number of aliphatic hydroxyl groups excluding tert-OH is 1. The molecule has 8 nitrogen and oxygen atoms in total. The van der Waals surface area contributed by atoms with Crippen LogP contribution in [0.2, 0.25) is 0 Å². The van der Waals surface area contributed by atoms with E-state index in [0.717, 1.165) is 6.07 Å². The van der Waals surface area contributed by atoms with Crippen molar-refractivity contribution in [3.8, 4) is 17.2 Å². The van der Waals surface area contributed by atoms with Crippen LogP contribution in [-0.4, -0.2) is 40.2 Å². The van der Waals surface area contributed by atoms with E-state index < -0.39 is 29.4 Å². The summed E-state index contributed by atoms with van der Waals surface area (Å²) in [6, 6.07) is 4.44. The Balaban J connectivity index is 1.83. The summed E-state index contributed by atoms with van der Waals surface area (Å²) in [7, 11) is 1.33. The fourth-order valence-electron chi connectivity index (χ4n) is 3.39. The fraction of sp³-hybridized carbons (Fsp3) is 0.381. The molecular weight excluding hydrogens is 429 g/mol. The molecule has 0 unspecified atom stereocenters. The van der Waals surface area contributed by atoms with E-state index in [2.05, 4.69) is 15.3 Å². The number of nitrogens with one attached hydrogen (secondary N) is 1. The number of carbonyl (C=O) groups excluding carboxylic acids is 1. The first-order valence-corrected chi connectivity index (χ1v) is 9.83. The van der Waals surface area contributed by atoms with Crippen molar-refractivity contribution < 1.29 is 32.2 Å². The lowest BCUT2D eigenvalue weighted by molar-refractivity contribution is -0.140. The van der Waals surface area contributed by atoms with Gasteiger partial charge in [-0.2, -0.15) is 13.2 Å². The first-order chi connectivity index (χ1) is 15.1. The number of oxazole rings is 1. The number of alkyl halides is 3. The summed E-state index contributed by atoms with van der Waals surface area (Å²) in [6.45, 7) is 1.41. The van der Waals surface area contributed by atoms with E-state index in [4.69, 9.17) is 14.9 Å². The molecule has 170 valence electrons. The summed E-state index contributed by atoms with van der Waals surface area (Å²) in [5.74, 6) is -0.278. The summed E-state index contributed by atoms with van der Waals surface area (Å²) in [4.78, 5) is 20.8. The molecular formula is C21H21F3N4O4. The third-order valence-electron chi connectivity index (χ3n) is 5.38. The molecule has 1 aliphatic carbocycles. The number of rotatable bonds is 6. The van der Waals surface area contributed by atoms with Gasteiger partial charge < -0.3 is 25.3 Å². The number of pyridine rings is 1. The molecule has 2 heterocycles. The highest BCUT2D eigenvalue weighted by Gasteiger charge is 2.44. The van der Waals surface area contributed by atoms with Gasteiger partial charge in [0, 0.05) is 10.9 Å². The zero-order valence-corrected chi connectivity index (χ0v) is 17.3. The molecule has 0 spiro atoms. The topological polar surface area (TPSA) is 124 Å². The Morgan fingerprint density at radius 2 is 2.03 bits per heavy atom. The van der Waals surface area contributed by atoms with Gasteiger partial charge >= 0.3 is 6.18 Å². The number of hydrogen-bond acceptors (Lipinski definition) is 7. The number of methoxy groups -OCH3 is 1. The number of ether oxygens (including phenoxy) is 1. The van der Waals surface area contributed by atoms with Gasteiger partial charge in [-0.05, 0) is 44.0 Å². The summed E-state index contributed by atoms with van der Waals surface area (Å²) < 4.78 is 50.5. The number of aliphatic hydroxyl groups is 1. The van der Waals surface area contributed by atoms with Crippen LogP contribution in [-0.2, 0) is 6.18 Å². The van der Waals surface area contributed by atoms with Crippen molar-refractivity contribution in [3.63, 3.8) is 0 Å². The van der Waals surface area contributed by atoms with Gasteiger partial charge in [-0.15, -0.1) is 0 Å². The van der Waals surface area contributed by atoms with Crippen molar-refractivity contribution in [2.24, 2.45) is 5.73 Å². The standard InChI is InChI=1S/C21H21F3N4O4/c1-10(25)17-16(18(30)28-20(9-29)7-8-20)27-19(32-17)12-3-5-13(31-2)15-11(12)4-6-14(26-15)21(22,23)24/h3-6,10,29H,7-9,25H2,1-2H3,(H,28,30)/t10-/m0/s1. The Kier molecular flexibility index (Phi) is 5.33. The maximum atomic E-state index is 13.2. The molecule has 1 atom stereocenters. The lowest BCUT2D eigenvalue weighted by atomic mass is 10.1. The van der Waals surface area contributed by atoms with Crippen LogP contribution >= 0.6 is 0 Å². The highest BCUT2D eigenvalue weighted by atomic mass is 19.4.